The van der Waals surface area contributed by atoms with E-state index in [-0.39, 0.29) is 0 Å². The van der Waals surface area contributed by atoms with Crippen molar-refractivity contribution in [1.82, 2.24) is 10.3 Å². The maximum Gasteiger partial charge on any atom is 0.213 e. The summed E-state index contributed by atoms with van der Waals surface area (Å²) < 4.78 is 10.3. The lowest BCUT2D eigenvalue weighted by Gasteiger charge is -2.10. The van der Waals surface area contributed by atoms with Gasteiger partial charge in [0.15, 0.2) is 5.11 Å². The van der Waals surface area contributed by atoms with Crippen LogP contribution in [0.1, 0.15) is 12.2 Å². The van der Waals surface area contributed by atoms with Crippen LogP contribution in [0.2, 0.25) is 0 Å². The summed E-state index contributed by atoms with van der Waals surface area (Å²) in [5, 5.41) is 6.79. The molecule has 2 rings (SSSR count). The van der Waals surface area contributed by atoms with Crippen molar-refractivity contribution in [3.05, 3.63) is 42.5 Å². The molecule has 6 heteroatoms. The van der Waals surface area contributed by atoms with Crippen LogP contribution in [-0.2, 0) is 6.42 Å². The van der Waals surface area contributed by atoms with E-state index in [0.29, 0.717) is 11.0 Å². The van der Waals surface area contributed by atoms with Crippen LogP contribution in [0.4, 0.5) is 5.69 Å². The van der Waals surface area contributed by atoms with E-state index in [4.69, 9.17) is 21.4 Å². The number of anilines is 1. The molecule has 2 aromatic heterocycles. The van der Waals surface area contributed by atoms with Crippen LogP contribution >= 0.6 is 12.2 Å². The van der Waals surface area contributed by atoms with E-state index in [1.54, 1.807) is 25.6 Å². The molecule has 0 atom stereocenters. The largest absolute Gasteiger partial charge is 0.481 e. The highest BCUT2D eigenvalue weighted by Gasteiger charge is 2.00. The molecule has 0 spiro atoms. The molecule has 2 N–H and O–H groups in total. The third-order valence-electron chi connectivity index (χ3n) is 2.67. The molecular formula is C14H17N3O2S. The predicted octanol–water partition coefficient (Wildman–Crippen LogP) is 2.60. The van der Waals surface area contributed by atoms with Gasteiger partial charge in [0.25, 0.3) is 0 Å². The minimum Gasteiger partial charge on any atom is -0.481 e. The van der Waals surface area contributed by atoms with Crippen molar-refractivity contribution in [2.24, 2.45) is 0 Å². The van der Waals surface area contributed by atoms with E-state index in [0.717, 1.165) is 30.8 Å². The molecule has 0 saturated heterocycles. The third kappa shape index (κ3) is 4.55. The van der Waals surface area contributed by atoms with Crippen molar-refractivity contribution in [1.29, 1.82) is 0 Å². The molecule has 0 fully saturated rings. The van der Waals surface area contributed by atoms with Gasteiger partial charge in [-0.25, -0.2) is 4.98 Å². The quantitative estimate of drug-likeness (QED) is 0.630. The molecule has 0 saturated carbocycles. The fourth-order valence-electron chi connectivity index (χ4n) is 1.67. The maximum absolute atomic E-state index is 5.26. The number of aromatic nitrogens is 1. The molecule has 0 bridgehead atoms. The number of rotatable bonds is 6. The molecule has 0 aliphatic heterocycles. The van der Waals surface area contributed by atoms with Crippen LogP contribution < -0.4 is 15.4 Å². The van der Waals surface area contributed by atoms with E-state index in [2.05, 4.69) is 15.6 Å². The van der Waals surface area contributed by atoms with Crippen molar-refractivity contribution in [2.75, 3.05) is 19.0 Å². The van der Waals surface area contributed by atoms with Gasteiger partial charge in [-0.3, -0.25) is 0 Å². The van der Waals surface area contributed by atoms with E-state index in [1.165, 1.54) is 0 Å². The monoisotopic (exact) mass is 291 g/mol. The van der Waals surface area contributed by atoms with Gasteiger partial charge in [-0.1, -0.05) is 0 Å². The molecular weight excluding hydrogens is 274 g/mol. The summed E-state index contributed by atoms with van der Waals surface area (Å²) in [4.78, 5) is 4.10. The molecule has 0 radical (unpaired) electrons. The molecule has 0 aliphatic carbocycles. The van der Waals surface area contributed by atoms with Crippen molar-refractivity contribution < 1.29 is 9.15 Å². The van der Waals surface area contributed by atoms with Gasteiger partial charge in [0.2, 0.25) is 5.88 Å². The lowest BCUT2D eigenvalue weighted by molar-refractivity contribution is 0.398. The summed E-state index contributed by atoms with van der Waals surface area (Å²) in [6.07, 6.45) is 5.21. The number of aryl methyl sites for hydroxylation is 1. The smallest absolute Gasteiger partial charge is 0.213 e. The average molecular weight is 291 g/mol. The van der Waals surface area contributed by atoms with Crippen LogP contribution in [0.25, 0.3) is 0 Å². The predicted molar refractivity (Wildman–Crippen MR) is 82.0 cm³/mol. The van der Waals surface area contributed by atoms with Crippen molar-refractivity contribution >= 4 is 23.0 Å². The SMILES string of the molecule is COc1ccc(NC(=S)NCCCc2ccco2)cn1. The Morgan fingerprint density at radius 3 is 2.95 bits per heavy atom. The molecule has 106 valence electrons. The Morgan fingerprint density at radius 1 is 1.40 bits per heavy atom. The summed E-state index contributed by atoms with van der Waals surface area (Å²) in [5.41, 5.74) is 0.828. The summed E-state index contributed by atoms with van der Waals surface area (Å²) in [6.45, 7) is 0.788. The van der Waals surface area contributed by atoms with Crippen molar-refractivity contribution in [3.8, 4) is 5.88 Å². The van der Waals surface area contributed by atoms with Crippen LogP contribution in [0.3, 0.4) is 0 Å². The normalized spacial score (nSPS) is 10.1. The fraction of sp³-hybridized carbons (Fsp3) is 0.286. The molecule has 0 amide bonds. The number of nitrogens with zero attached hydrogens (tertiary/aromatic N) is 1. The lowest BCUT2D eigenvalue weighted by atomic mass is 10.2. The van der Waals surface area contributed by atoms with Crippen LogP contribution in [0.5, 0.6) is 5.88 Å². The summed E-state index contributed by atoms with van der Waals surface area (Å²) in [7, 11) is 1.58. The second-order valence-corrected chi connectivity index (χ2v) is 4.56. The number of pyridine rings is 1. The average Bonchev–Trinajstić information content (AvgIpc) is 2.98. The number of methoxy groups -OCH3 is 1. The zero-order valence-corrected chi connectivity index (χ0v) is 12.1. The summed E-state index contributed by atoms with van der Waals surface area (Å²) in [5.74, 6) is 1.57. The summed E-state index contributed by atoms with van der Waals surface area (Å²) >= 11 is 5.21. The standard InChI is InChI=1S/C14H17N3O2S/c1-18-13-7-6-11(10-16-13)17-14(20)15-8-2-4-12-5-3-9-19-12/h3,5-7,9-10H,2,4,8H2,1H3,(H2,15,17,20). The van der Waals surface area contributed by atoms with Gasteiger partial charge in [-0.05, 0) is 36.8 Å². The highest BCUT2D eigenvalue weighted by Crippen LogP contribution is 2.10. The summed E-state index contributed by atoms with van der Waals surface area (Å²) in [6, 6.07) is 7.51. The first-order chi connectivity index (χ1) is 9.78. The van der Waals surface area contributed by atoms with Gasteiger partial charge in [0, 0.05) is 19.0 Å². The molecule has 2 aromatic rings. The minimum atomic E-state index is 0.577. The number of hydrogen-bond acceptors (Lipinski definition) is 4. The van der Waals surface area contributed by atoms with Crippen LogP contribution in [-0.4, -0.2) is 23.8 Å². The zero-order chi connectivity index (χ0) is 14.2. The van der Waals surface area contributed by atoms with E-state index in [1.807, 2.05) is 18.2 Å². The Balaban J connectivity index is 1.66. The van der Waals surface area contributed by atoms with E-state index < -0.39 is 0 Å². The first-order valence-corrected chi connectivity index (χ1v) is 6.76. The Bertz CT molecular complexity index is 526. The Labute approximate surface area is 123 Å². The van der Waals surface area contributed by atoms with Gasteiger partial charge >= 0.3 is 0 Å². The molecule has 0 unspecified atom stereocenters. The first-order valence-electron chi connectivity index (χ1n) is 6.35. The fourth-order valence-corrected chi connectivity index (χ4v) is 1.89. The maximum atomic E-state index is 5.26. The third-order valence-corrected chi connectivity index (χ3v) is 2.92. The van der Waals surface area contributed by atoms with E-state index >= 15 is 0 Å². The molecule has 2 heterocycles. The second kappa shape index (κ2) is 7.49. The Kier molecular flexibility index (Phi) is 5.37. The molecule has 20 heavy (non-hydrogen) atoms. The van der Waals surface area contributed by atoms with Crippen LogP contribution in [0.15, 0.2) is 41.1 Å². The second-order valence-electron chi connectivity index (χ2n) is 4.15. The van der Waals surface area contributed by atoms with Gasteiger partial charge in [-0.2, -0.15) is 0 Å². The zero-order valence-electron chi connectivity index (χ0n) is 11.3. The number of hydrogen-bond donors (Lipinski definition) is 2. The molecule has 0 aromatic carbocycles. The van der Waals surface area contributed by atoms with Crippen molar-refractivity contribution in [2.45, 2.75) is 12.8 Å². The Hall–Kier alpha value is -2.08. The van der Waals surface area contributed by atoms with Crippen molar-refractivity contribution in [3.63, 3.8) is 0 Å². The Morgan fingerprint density at radius 2 is 2.30 bits per heavy atom. The number of nitrogens with one attached hydrogen (secondary N) is 2. The van der Waals surface area contributed by atoms with E-state index in [9.17, 15) is 0 Å². The van der Waals surface area contributed by atoms with Gasteiger partial charge in [-0.15, -0.1) is 0 Å². The minimum absolute atomic E-state index is 0.577. The first kappa shape index (κ1) is 14.3. The topological polar surface area (TPSA) is 59.3 Å². The lowest BCUT2D eigenvalue weighted by Crippen LogP contribution is -2.29. The number of ether oxygens (including phenoxy) is 1. The van der Waals surface area contributed by atoms with Gasteiger partial charge in [0.05, 0.1) is 25.3 Å². The molecule has 0 aliphatic rings. The van der Waals surface area contributed by atoms with Gasteiger partial charge in [0.1, 0.15) is 5.76 Å². The van der Waals surface area contributed by atoms with Gasteiger partial charge < -0.3 is 19.8 Å². The number of thiocarbonyl (C=S) groups is 1. The highest BCUT2D eigenvalue weighted by atomic mass is 32.1. The van der Waals surface area contributed by atoms with Crippen LogP contribution in [0, 0.1) is 0 Å². The highest BCUT2D eigenvalue weighted by molar-refractivity contribution is 7.80. The number of furan rings is 1. The molecule has 5 nitrogen and oxygen atoms in total.